The Balaban J connectivity index is 1.54. The van der Waals surface area contributed by atoms with E-state index in [9.17, 15) is 0 Å². The van der Waals surface area contributed by atoms with Crippen molar-refractivity contribution >= 4 is 21.8 Å². The molecule has 5 nitrogen and oxygen atoms in total. The summed E-state index contributed by atoms with van der Waals surface area (Å²) < 4.78 is 12.2. The predicted octanol–water partition coefficient (Wildman–Crippen LogP) is 7.10. The van der Waals surface area contributed by atoms with E-state index < -0.39 is 0 Å². The van der Waals surface area contributed by atoms with Gasteiger partial charge in [-0.1, -0.05) is 27.7 Å². The minimum absolute atomic E-state index is 0.752. The van der Waals surface area contributed by atoms with Gasteiger partial charge in [-0.2, -0.15) is 0 Å². The zero-order valence-electron chi connectivity index (χ0n) is 22.6. The number of aromatic amines is 1. The van der Waals surface area contributed by atoms with Gasteiger partial charge in [-0.05, 0) is 95.0 Å². The summed E-state index contributed by atoms with van der Waals surface area (Å²) in [7, 11) is 0. The molecule has 3 rings (SSSR count). The minimum atomic E-state index is 0.752. The molecule has 0 aliphatic rings. The van der Waals surface area contributed by atoms with E-state index in [-0.39, 0.29) is 0 Å². The lowest BCUT2D eigenvalue weighted by molar-refractivity contribution is 0.234. The van der Waals surface area contributed by atoms with Crippen molar-refractivity contribution in [2.45, 2.75) is 66.2 Å². The van der Waals surface area contributed by atoms with Crippen LogP contribution in [0.2, 0.25) is 0 Å². The summed E-state index contributed by atoms with van der Waals surface area (Å²) in [6, 6.07) is 12.8. The fourth-order valence-corrected chi connectivity index (χ4v) is 4.93. The number of nitrogens with one attached hydrogen (secondary N) is 1. The van der Waals surface area contributed by atoms with Crippen LogP contribution in [-0.4, -0.2) is 67.3 Å². The van der Waals surface area contributed by atoms with Crippen LogP contribution in [0.25, 0.3) is 21.8 Å². The maximum Gasteiger partial charge on any atom is 0.121 e. The molecular formula is C30H47N3O2. The molecule has 5 heteroatoms. The lowest BCUT2D eigenvalue weighted by atomic mass is 10.1. The molecule has 0 amide bonds. The van der Waals surface area contributed by atoms with Crippen molar-refractivity contribution in [3.8, 4) is 11.5 Å². The van der Waals surface area contributed by atoms with Gasteiger partial charge in [0, 0.05) is 35.4 Å². The average molecular weight is 482 g/mol. The van der Waals surface area contributed by atoms with Gasteiger partial charge in [0.1, 0.15) is 11.5 Å². The van der Waals surface area contributed by atoms with Crippen LogP contribution in [-0.2, 0) is 0 Å². The molecule has 0 fully saturated rings. The van der Waals surface area contributed by atoms with Crippen molar-refractivity contribution in [1.82, 2.24) is 14.8 Å². The van der Waals surface area contributed by atoms with Crippen LogP contribution < -0.4 is 9.47 Å². The number of ether oxygens (including phenoxy) is 2. The second-order valence-electron chi connectivity index (χ2n) is 9.63. The first-order valence-electron chi connectivity index (χ1n) is 13.9. The molecule has 0 aliphatic heterocycles. The standard InChI is InChI=1S/C30H47N3O2/c1-5-15-32(16-6-2)19-9-21-34-25-12-14-29-28(23-25)27-13-11-26(24-30(27)31-29)35-22-10-20-33(17-7-3)18-8-4/h11-14,23-24,31H,5-10,15-22H2,1-4H3. The second-order valence-corrected chi connectivity index (χ2v) is 9.63. The summed E-state index contributed by atoms with van der Waals surface area (Å²) in [4.78, 5) is 8.63. The van der Waals surface area contributed by atoms with E-state index in [1.165, 1.54) is 62.6 Å². The van der Waals surface area contributed by atoms with Gasteiger partial charge >= 0.3 is 0 Å². The molecule has 2 aromatic carbocycles. The Morgan fingerprint density at radius 3 is 1.63 bits per heavy atom. The molecule has 0 saturated heterocycles. The first-order valence-corrected chi connectivity index (χ1v) is 13.9. The number of nitrogens with zero attached hydrogens (tertiary/aromatic N) is 2. The van der Waals surface area contributed by atoms with Crippen molar-refractivity contribution in [2.24, 2.45) is 0 Å². The van der Waals surface area contributed by atoms with E-state index >= 15 is 0 Å². The van der Waals surface area contributed by atoms with Crippen LogP contribution >= 0.6 is 0 Å². The van der Waals surface area contributed by atoms with E-state index in [0.717, 1.165) is 61.7 Å². The molecular weight excluding hydrogens is 434 g/mol. The van der Waals surface area contributed by atoms with E-state index in [1.54, 1.807) is 0 Å². The summed E-state index contributed by atoms with van der Waals surface area (Å²) >= 11 is 0. The maximum atomic E-state index is 6.11. The number of aromatic nitrogens is 1. The highest BCUT2D eigenvalue weighted by molar-refractivity contribution is 6.08. The fraction of sp³-hybridized carbons (Fsp3) is 0.600. The summed E-state index contributed by atoms with van der Waals surface area (Å²) in [5.74, 6) is 1.88. The van der Waals surface area contributed by atoms with Crippen LogP contribution in [0.15, 0.2) is 36.4 Å². The van der Waals surface area contributed by atoms with Crippen LogP contribution in [0, 0.1) is 0 Å². The molecule has 0 unspecified atom stereocenters. The Morgan fingerprint density at radius 1 is 0.571 bits per heavy atom. The molecule has 0 radical (unpaired) electrons. The Bertz CT molecular complexity index is 988. The minimum Gasteiger partial charge on any atom is -0.494 e. The van der Waals surface area contributed by atoms with Gasteiger partial charge in [0.25, 0.3) is 0 Å². The number of hydrogen-bond donors (Lipinski definition) is 1. The molecule has 0 spiro atoms. The van der Waals surface area contributed by atoms with Crippen LogP contribution in [0.5, 0.6) is 11.5 Å². The third-order valence-electron chi connectivity index (χ3n) is 6.48. The van der Waals surface area contributed by atoms with Gasteiger partial charge < -0.3 is 24.3 Å². The van der Waals surface area contributed by atoms with E-state index in [4.69, 9.17) is 9.47 Å². The van der Waals surface area contributed by atoms with Gasteiger partial charge in [-0.3, -0.25) is 0 Å². The van der Waals surface area contributed by atoms with E-state index in [1.807, 2.05) is 0 Å². The fourth-order valence-electron chi connectivity index (χ4n) is 4.93. The molecule has 0 atom stereocenters. The quantitative estimate of drug-likeness (QED) is 0.197. The molecule has 35 heavy (non-hydrogen) atoms. The van der Waals surface area contributed by atoms with Gasteiger partial charge in [-0.15, -0.1) is 0 Å². The smallest absolute Gasteiger partial charge is 0.121 e. The normalized spacial score (nSPS) is 11.8. The molecule has 1 aromatic heterocycles. The van der Waals surface area contributed by atoms with E-state index in [2.05, 4.69) is 78.9 Å². The molecule has 194 valence electrons. The van der Waals surface area contributed by atoms with Crippen molar-refractivity contribution in [1.29, 1.82) is 0 Å². The summed E-state index contributed by atoms with van der Waals surface area (Å²) in [5.41, 5.74) is 2.25. The van der Waals surface area contributed by atoms with E-state index in [0.29, 0.717) is 0 Å². The zero-order chi connectivity index (χ0) is 24.9. The Morgan fingerprint density at radius 2 is 1.09 bits per heavy atom. The Hall–Kier alpha value is -2.24. The van der Waals surface area contributed by atoms with Crippen molar-refractivity contribution in [3.63, 3.8) is 0 Å². The zero-order valence-corrected chi connectivity index (χ0v) is 22.6. The summed E-state index contributed by atoms with van der Waals surface area (Å²) in [6.07, 6.45) is 6.95. The summed E-state index contributed by atoms with van der Waals surface area (Å²) in [5, 5.41) is 2.42. The molecule has 1 heterocycles. The number of hydrogen-bond acceptors (Lipinski definition) is 4. The molecule has 0 bridgehead atoms. The lowest BCUT2D eigenvalue weighted by Gasteiger charge is -2.20. The molecule has 1 N–H and O–H groups in total. The SMILES string of the molecule is CCCN(CCC)CCCOc1ccc2c(c1)[nH]c1ccc(OCCCN(CCC)CCC)cc12. The van der Waals surface area contributed by atoms with Crippen LogP contribution in [0.1, 0.15) is 66.2 Å². The van der Waals surface area contributed by atoms with Crippen molar-refractivity contribution < 1.29 is 9.47 Å². The highest BCUT2D eigenvalue weighted by Crippen LogP contribution is 2.31. The highest BCUT2D eigenvalue weighted by atomic mass is 16.5. The molecule has 0 saturated carbocycles. The first-order chi connectivity index (χ1) is 17.2. The largest absolute Gasteiger partial charge is 0.494 e. The average Bonchev–Trinajstić information content (AvgIpc) is 3.22. The Kier molecular flexibility index (Phi) is 11.7. The topological polar surface area (TPSA) is 40.7 Å². The van der Waals surface area contributed by atoms with Crippen LogP contribution in [0.3, 0.4) is 0 Å². The molecule has 0 aliphatic carbocycles. The third-order valence-corrected chi connectivity index (χ3v) is 6.48. The number of rotatable bonds is 18. The Labute approximate surface area is 212 Å². The predicted molar refractivity (Wildman–Crippen MR) is 150 cm³/mol. The monoisotopic (exact) mass is 481 g/mol. The first kappa shape index (κ1) is 27.3. The number of fused-ring (bicyclic) bond motifs is 3. The maximum absolute atomic E-state index is 6.11. The lowest BCUT2D eigenvalue weighted by Crippen LogP contribution is -2.27. The van der Waals surface area contributed by atoms with Crippen LogP contribution in [0.4, 0.5) is 0 Å². The number of H-pyrrole nitrogens is 1. The van der Waals surface area contributed by atoms with Gasteiger partial charge in [0.05, 0.1) is 18.7 Å². The third kappa shape index (κ3) is 8.43. The number of benzene rings is 2. The molecule has 3 aromatic rings. The van der Waals surface area contributed by atoms with Gasteiger partial charge in [-0.25, -0.2) is 0 Å². The van der Waals surface area contributed by atoms with Gasteiger partial charge in [0.15, 0.2) is 0 Å². The van der Waals surface area contributed by atoms with Crippen molar-refractivity contribution in [2.75, 3.05) is 52.5 Å². The van der Waals surface area contributed by atoms with Crippen molar-refractivity contribution in [3.05, 3.63) is 36.4 Å². The second kappa shape index (κ2) is 15.0. The highest BCUT2D eigenvalue weighted by Gasteiger charge is 2.09. The summed E-state index contributed by atoms with van der Waals surface area (Å²) in [6.45, 7) is 17.4. The van der Waals surface area contributed by atoms with Gasteiger partial charge in [0.2, 0.25) is 0 Å².